The van der Waals surface area contributed by atoms with E-state index < -0.39 is 41.3 Å². The molecule has 0 spiro atoms. The predicted octanol–water partition coefficient (Wildman–Crippen LogP) is 0.683. The number of hydrogen-bond acceptors (Lipinski definition) is 7. The summed E-state index contributed by atoms with van der Waals surface area (Å²) >= 11 is 7.57. The number of carbonyl (C=O) groups excluding carboxylic acids is 1. The van der Waals surface area contributed by atoms with Gasteiger partial charge in [0.25, 0.3) is 0 Å². The third kappa shape index (κ3) is 5.53. The molecule has 0 aromatic carbocycles. The van der Waals surface area contributed by atoms with E-state index in [4.69, 9.17) is 16.3 Å². The Labute approximate surface area is 176 Å². The quantitative estimate of drug-likeness (QED) is 0.388. The number of ether oxygens (including phenoxy) is 1. The number of aliphatic hydroxyl groups is 3. The van der Waals surface area contributed by atoms with E-state index in [2.05, 4.69) is 24.5 Å². The Morgan fingerprint density at radius 2 is 2.00 bits per heavy atom. The van der Waals surface area contributed by atoms with Crippen molar-refractivity contribution in [3.05, 3.63) is 0 Å². The zero-order chi connectivity index (χ0) is 21.0. The molecule has 2 aliphatic heterocycles. The molecule has 2 saturated heterocycles. The molecule has 0 saturated carbocycles. The summed E-state index contributed by atoms with van der Waals surface area (Å²) in [6.45, 7) is 6.86. The molecule has 0 radical (unpaired) electrons. The van der Waals surface area contributed by atoms with Gasteiger partial charge in [-0.05, 0) is 44.4 Å². The van der Waals surface area contributed by atoms with Crippen LogP contribution < -0.4 is 10.6 Å². The van der Waals surface area contributed by atoms with Gasteiger partial charge in [-0.15, -0.1) is 23.4 Å². The molecule has 0 bridgehead atoms. The van der Waals surface area contributed by atoms with Crippen LogP contribution in [0.3, 0.4) is 0 Å². The normalized spacial score (nSPS) is 41.7. The Morgan fingerprint density at radius 1 is 1.32 bits per heavy atom. The smallest absolute Gasteiger partial charge is 0.237 e. The Balaban J connectivity index is 2.12. The molecular weight excluding hydrogens is 404 g/mol. The molecule has 7 nitrogen and oxygen atoms in total. The Hall–Kier alpha value is -0.0900. The van der Waals surface area contributed by atoms with Gasteiger partial charge in [0.2, 0.25) is 5.91 Å². The van der Waals surface area contributed by atoms with Crippen LogP contribution in [0.25, 0.3) is 0 Å². The van der Waals surface area contributed by atoms with Crippen molar-refractivity contribution in [2.75, 3.05) is 12.8 Å². The van der Waals surface area contributed by atoms with E-state index >= 15 is 0 Å². The number of thioether (sulfide) groups is 1. The van der Waals surface area contributed by atoms with Gasteiger partial charge in [-0.25, -0.2) is 0 Å². The molecule has 0 aromatic rings. The largest absolute Gasteiger partial charge is 0.388 e. The second-order valence-corrected chi connectivity index (χ2v) is 9.69. The molecule has 0 aliphatic carbocycles. The number of aliphatic hydroxyl groups excluding tert-OH is 3. The number of alkyl halides is 1. The van der Waals surface area contributed by atoms with Crippen LogP contribution in [0, 0.1) is 11.8 Å². The molecule has 2 aliphatic rings. The summed E-state index contributed by atoms with van der Waals surface area (Å²) in [5.74, 6) is 0.842. The number of hydrogen-bond donors (Lipinski definition) is 5. The second kappa shape index (κ2) is 10.8. The van der Waals surface area contributed by atoms with E-state index in [1.807, 2.05) is 0 Å². The Kier molecular flexibility index (Phi) is 9.32. The van der Waals surface area contributed by atoms with Crippen LogP contribution >= 0.6 is 23.4 Å². The standard InChI is InChI=1S/C19H35ClN2O5S/c1-5-11-8-12(21-7-6-9(11)2)18(26)22-13(10(3)20)17-15(24)14(23)16(25)19(27-17)28-4/h9-17,19,21,23-25H,5-8H2,1-4H3,(H,22,26)/t9?,10-,11?,12-,13+,14-,15+,16+,17+,19+/m0/s1. The van der Waals surface area contributed by atoms with Crippen molar-refractivity contribution in [1.29, 1.82) is 0 Å². The van der Waals surface area contributed by atoms with Gasteiger partial charge in [0.05, 0.1) is 17.5 Å². The maximum absolute atomic E-state index is 13.0. The summed E-state index contributed by atoms with van der Waals surface area (Å²) in [4.78, 5) is 13.0. The number of nitrogens with one attached hydrogen (secondary N) is 2. The van der Waals surface area contributed by atoms with Crippen LogP contribution in [0.4, 0.5) is 0 Å². The third-order valence-electron chi connectivity index (χ3n) is 6.17. The lowest BCUT2D eigenvalue weighted by molar-refractivity contribution is -0.205. The van der Waals surface area contributed by atoms with Crippen molar-refractivity contribution >= 4 is 29.3 Å². The highest BCUT2D eigenvalue weighted by Gasteiger charge is 2.48. The summed E-state index contributed by atoms with van der Waals surface area (Å²) in [5.41, 5.74) is -0.709. The summed E-state index contributed by atoms with van der Waals surface area (Å²) < 4.78 is 5.81. The highest BCUT2D eigenvalue weighted by Crippen LogP contribution is 2.31. The summed E-state index contributed by atoms with van der Waals surface area (Å²) in [6, 6.07) is -1.04. The second-order valence-electron chi connectivity index (χ2n) is 8.07. The first kappa shape index (κ1) is 24.2. The topological polar surface area (TPSA) is 111 Å². The van der Waals surface area contributed by atoms with Crippen LogP contribution in [-0.2, 0) is 9.53 Å². The van der Waals surface area contributed by atoms with E-state index in [1.165, 1.54) is 11.8 Å². The first-order valence-electron chi connectivity index (χ1n) is 10.1. The average Bonchev–Trinajstić information content (AvgIpc) is 2.86. The summed E-state index contributed by atoms with van der Waals surface area (Å²) in [6.07, 6.45) is -0.307. The van der Waals surface area contributed by atoms with Crippen LogP contribution in [0.1, 0.15) is 40.0 Å². The van der Waals surface area contributed by atoms with E-state index in [0.29, 0.717) is 11.8 Å². The zero-order valence-electron chi connectivity index (χ0n) is 17.0. The maximum atomic E-state index is 13.0. The van der Waals surface area contributed by atoms with Gasteiger partial charge in [0.15, 0.2) is 0 Å². The minimum absolute atomic E-state index is 0.179. The van der Waals surface area contributed by atoms with E-state index in [0.717, 1.165) is 25.8 Å². The SMILES string of the molecule is CCC1C[C@@H](C(=O)N[C@@H]([C@H]2O[C@H](SC)[C@H](O)[C@@H](O)[C@H]2O)[C@H](C)Cl)NCCC1C. The fourth-order valence-electron chi connectivity index (χ4n) is 4.20. The molecule has 2 fully saturated rings. The minimum atomic E-state index is -1.37. The predicted molar refractivity (Wildman–Crippen MR) is 111 cm³/mol. The third-order valence-corrected chi connectivity index (χ3v) is 7.30. The highest BCUT2D eigenvalue weighted by molar-refractivity contribution is 7.99. The van der Waals surface area contributed by atoms with Crippen LogP contribution in [-0.4, -0.2) is 81.3 Å². The van der Waals surface area contributed by atoms with Crippen molar-refractivity contribution in [1.82, 2.24) is 10.6 Å². The van der Waals surface area contributed by atoms with Gasteiger partial charge < -0.3 is 30.7 Å². The van der Waals surface area contributed by atoms with E-state index in [9.17, 15) is 20.1 Å². The van der Waals surface area contributed by atoms with Gasteiger partial charge in [0, 0.05) is 0 Å². The van der Waals surface area contributed by atoms with Crippen LogP contribution in [0.2, 0.25) is 0 Å². The molecule has 2 unspecified atom stereocenters. The van der Waals surface area contributed by atoms with Gasteiger partial charge >= 0.3 is 0 Å². The van der Waals surface area contributed by atoms with Crippen molar-refractivity contribution in [3.8, 4) is 0 Å². The fourth-order valence-corrected chi connectivity index (χ4v) is 5.08. The molecule has 28 heavy (non-hydrogen) atoms. The first-order valence-corrected chi connectivity index (χ1v) is 11.8. The van der Waals surface area contributed by atoms with Crippen LogP contribution in [0.15, 0.2) is 0 Å². The number of amides is 1. The first-order chi connectivity index (χ1) is 13.2. The monoisotopic (exact) mass is 438 g/mol. The fraction of sp³-hybridized carbons (Fsp3) is 0.947. The molecule has 10 atom stereocenters. The molecule has 5 N–H and O–H groups in total. The summed E-state index contributed by atoms with van der Waals surface area (Å²) in [7, 11) is 0. The lowest BCUT2D eigenvalue weighted by Gasteiger charge is -2.44. The van der Waals surface area contributed by atoms with E-state index in [-0.39, 0.29) is 11.9 Å². The Bertz CT molecular complexity index is 513. The minimum Gasteiger partial charge on any atom is -0.388 e. The zero-order valence-corrected chi connectivity index (χ0v) is 18.6. The molecule has 164 valence electrons. The lowest BCUT2D eigenvalue weighted by Crippen LogP contribution is -2.65. The number of carbonyl (C=O) groups is 1. The lowest BCUT2D eigenvalue weighted by atomic mass is 9.85. The molecule has 9 heteroatoms. The molecular formula is C19H35ClN2O5S. The van der Waals surface area contributed by atoms with Crippen molar-refractivity contribution in [2.24, 2.45) is 11.8 Å². The Morgan fingerprint density at radius 3 is 2.57 bits per heavy atom. The van der Waals surface area contributed by atoms with Gasteiger partial charge in [-0.1, -0.05) is 20.3 Å². The van der Waals surface area contributed by atoms with Crippen LogP contribution in [0.5, 0.6) is 0 Å². The van der Waals surface area contributed by atoms with Crippen molar-refractivity contribution in [2.45, 2.75) is 87.3 Å². The molecule has 0 aromatic heterocycles. The van der Waals surface area contributed by atoms with E-state index in [1.54, 1.807) is 13.2 Å². The van der Waals surface area contributed by atoms with Crippen molar-refractivity contribution < 1.29 is 24.9 Å². The number of rotatable bonds is 6. The molecule has 2 rings (SSSR count). The van der Waals surface area contributed by atoms with Gasteiger partial charge in [-0.3, -0.25) is 4.79 Å². The summed E-state index contributed by atoms with van der Waals surface area (Å²) in [5, 5.41) is 36.4. The average molecular weight is 439 g/mol. The van der Waals surface area contributed by atoms with Gasteiger partial charge in [-0.2, -0.15) is 0 Å². The van der Waals surface area contributed by atoms with Crippen molar-refractivity contribution in [3.63, 3.8) is 0 Å². The molecule has 2 heterocycles. The maximum Gasteiger partial charge on any atom is 0.237 e. The molecule has 1 amide bonds. The highest BCUT2D eigenvalue weighted by atomic mass is 35.5. The number of halogens is 1. The van der Waals surface area contributed by atoms with Gasteiger partial charge in [0.1, 0.15) is 29.9 Å².